The van der Waals surface area contributed by atoms with E-state index in [4.69, 9.17) is 23.2 Å². The minimum Gasteiger partial charge on any atom is -0.386 e. The van der Waals surface area contributed by atoms with Gasteiger partial charge in [0, 0.05) is 34.9 Å². The number of aliphatic hydroxyl groups is 1. The molecule has 1 unspecified atom stereocenters. The molecular weight excluding hydrogens is 325 g/mol. The zero-order chi connectivity index (χ0) is 16.4. The number of aliphatic hydroxyl groups excluding tert-OH is 1. The molecule has 1 atom stereocenters. The third kappa shape index (κ3) is 3.27. The van der Waals surface area contributed by atoms with E-state index in [1.165, 1.54) is 0 Å². The Hall–Kier alpha value is -1.56. The van der Waals surface area contributed by atoms with Crippen LogP contribution in [-0.4, -0.2) is 27.3 Å². The Morgan fingerprint density at radius 2 is 1.95 bits per heavy atom. The first kappa shape index (κ1) is 16.8. The Morgan fingerprint density at radius 1 is 1.36 bits per heavy atom. The second-order valence-electron chi connectivity index (χ2n) is 5.03. The van der Waals surface area contributed by atoms with E-state index in [1.807, 2.05) is 6.92 Å². The van der Waals surface area contributed by atoms with Gasteiger partial charge in [-0.1, -0.05) is 29.3 Å². The van der Waals surface area contributed by atoms with E-state index in [0.29, 0.717) is 26.9 Å². The number of rotatable bonds is 4. The Labute approximate surface area is 138 Å². The standard InChI is InChI=1S/C15H17Cl2N3O2/c1-8-13(9(2)20(3)19-8)15(22)18-7-12(21)14-10(16)5-4-6-11(14)17/h4-6,12,21H,7H2,1-3H3,(H,18,22). The van der Waals surface area contributed by atoms with Crippen LogP contribution in [-0.2, 0) is 7.05 Å². The molecule has 0 saturated carbocycles. The molecule has 118 valence electrons. The Bertz CT molecular complexity index is 693. The molecular formula is C15H17Cl2N3O2. The van der Waals surface area contributed by atoms with Crippen molar-refractivity contribution < 1.29 is 9.90 Å². The van der Waals surface area contributed by atoms with Crippen LogP contribution in [0.3, 0.4) is 0 Å². The quantitative estimate of drug-likeness (QED) is 0.898. The number of amides is 1. The first-order chi connectivity index (χ1) is 10.3. The van der Waals surface area contributed by atoms with Crippen molar-refractivity contribution in [3.63, 3.8) is 0 Å². The SMILES string of the molecule is Cc1nn(C)c(C)c1C(=O)NCC(O)c1c(Cl)cccc1Cl. The largest absolute Gasteiger partial charge is 0.386 e. The molecule has 0 spiro atoms. The number of nitrogens with one attached hydrogen (secondary N) is 1. The summed E-state index contributed by atoms with van der Waals surface area (Å²) in [6.45, 7) is 3.59. The number of aryl methyl sites for hydroxylation is 2. The number of carbonyl (C=O) groups excluding carboxylic acids is 1. The molecule has 0 aliphatic carbocycles. The van der Waals surface area contributed by atoms with E-state index in [0.717, 1.165) is 5.69 Å². The monoisotopic (exact) mass is 341 g/mol. The van der Waals surface area contributed by atoms with E-state index >= 15 is 0 Å². The fraction of sp³-hybridized carbons (Fsp3) is 0.333. The van der Waals surface area contributed by atoms with Crippen LogP contribution in [0.2, 0.25) is 10.0 Å². The lowest BCUT2D eigenvalue weighted by Crippen LogP contribution is -2.29. The average Bonchev–Trinajstić information content (AvgIpc) is 2.69. The summed E-state index contributed by atoms with van der Waals surface area (Å²) in [6, 6.07) is 4.98. The molecule has 2 aromatic rings. The summed E-state index contributed by atoms with van der Waals surface area (Å²) in [5.74, 6) is -0.287. The van der Waals surface area contributed by atoms with Crippen LogP contribution in [0.5, 0.6) is 0 Å². The van der Waals surface area contributed by atoms with Gasteiger partial charge in [-0.2, -0.15) is 5.10 Å². The van der Waals surface area contributed by atoms with Gasteiger partial charge in [0.1, 0.15) is 0 Å². The van der Waals surface area contributed by atoms with E-state index in [9.17, 15) is 9.90 Å². The van der Waals surface area contributed by atoms with Crippen molar-refractivity contribution in [2.45, 2.75) is 20.0 Å². The molecule has 1 aromatic carbocycles. The third-order valence-electron chi connectivity index (χ3n) is 3.52. The first-order valence-electron chi connectivity index (χ1n) is 6.73. The molecule has 7 heteroatoms. The highest BCUT2D eigenvalue weighted by Gasteiger charge is 2.20. The zero-order valence-corrected chi connectivity index (χ0v) is 14.0. The van der Waals surface area contributed by atoms with Crippen molar-refractivity contribution in [1.29, 1.82) is 0 Å². The van der Waals surface area contributed by atoms with Gasteiger partial charge in [-0.3, -0.25) is 9.48 Å². The fourth-order valence-electron chi connectivity index (χ4n) is 2.31. The summed E-state index contributed by atoms with van der Waals surface area (Å²) in [5.41, 5.74) is 2.33. The van der Waals surface area contributed by atoms with Gasteiger partial charge < -0.3 is 10.4 Å². The minimum atomic E-state index is -0.984. The number of hydrogen-bond donors (Lipinski definition) is 2. The molecule has 22 heavy (non-hydrogen) atoms. The van der Waals surface area contributed by atoms with Gasteiger partial charge >= 0.3 is 0 Å². The number of hydrogen-bond acceptors (Lipinski definition) is 3. The molecule has 0 fully saturated rings. The molecule has 1 heterocycles. The van der Waals surface area contributed by atoms with Crippen molar-refractivity contribution in [2.75, 3.05) is 6.54 Å². The van der Waals surface area contributed by atoms with Crippen LogP contribution in [0.4, 0.5) is 0 Å². The molecule has 1 amide bonds. The van der Waals surface area contributed by atoms with Gasteiger partial charge in [0.15, 0.2) is 0 Å². The summed E-state index contributed by atoms with van der Waals surface area (Å²) in [4.78, 5) is 12.3. The molecule has 1 aromatic heterocycles. The zero-order valence-electron chi connectivity index (χ0n) is 12.5. The van der Waals surface area contributed by atoms with Crippen LogP contribution in [0.1, 0.15) is 33.4 Å². The maximum atomic E-state index is 12.3. The summed E-state index contributed by atoms with van der Waals surface area (Å²) in [6.07, 6.45) is -0.984. The third-order valence-corrected chi connectivity index (χ3v) is 4.18. The molecule has 0 aliphatic heterocycles. The van der Waals surface area contributed by atoms with Crippen molar-refractivity contribution in [3.05, 3.63) is 50.8 Å². The maximum Gasteiger partial charge on any atom is 0.255 e. The van der Waals surface area contributed by atoms with Crippen LogP contribution >= 0.6 is 23.2 Å². The van der Waals surface area contributed by atoms with Gasteiger partial charge in [0.2, 0.25) is 0 Å². The van der Waals surface area contributed by atoms with Crippen molar-refractivity contribution >= 4 is 29.1 Å². The van der Waals surface area contributed by atoms with Gasteiger partial charge in [0.05, 0.1) is 17.4 Å². The Kier molecular flexibility index (Phi) is 5.11. The van der Waals surface area contributed by atoms with Crippen molar-refractivity contribution in [2.24, 2.45) is 7.05 Å². The Balaban J connectivity index is 2.11. The second kappa shape index (κ2) is 6.69. The van der Waals surface area contributed by atoms with Crippen LogP contribution in [0, 0.1) is 13.8 Å². The van der Waals surface area contributed by atoms with Gasteiger partial charge in [-0.05, 0) is 26.0 Å². The second-order valence-corrected chi connectivity index (χ2v) is 5.84. The summed E-state index contributed by atoms with van der Waals surface area (Å²) >= 11 is 12.1. The highest BCUT2D eigenvalue weighted by atomic mass is 35.5. The molecule has 2 N–H and O–H groups in total. The van der Waals surface area contributed by atoms with E-state index in [2.05, 4.69) is 10.4 Å². The summed E-state index contributed by atoms with van der Waals surface area (Å²) < 4.78 is 1.64. The summed E-state index contributed by atoms with van der Waals surface area (Å²) in [5, 5.41) is 17.8. The molecule has 2 rings (SSSR count). The average molecular weight is 342 g/mol. The lowest BCUT2D eigenvalue weighted by molar-refractivity contribution is 0.0915. The van der Waals surface area contributed by atoms with Crippen LogP contribution < -0.4 is 5.32 Å². The van der Waals surface area contributed by atoms with E-state index in [1.54, 1.807) is 36.9 Å². The van der Waals surface area contributed by atoms with Crippen molar-refractivity contribution in [3.8, 4) is 0 Å². The number of benzene rings is 1. The topological polar surface area (TPSA) is 67.2 Å². The first-order valence-corrected chi connectivity index (χ1v) is 7.49. The molecule has 5 nitrogen and oxygen atoms in total. The summed E-state index contributed by atoms with van der Waals surface area (Å²) in [7, 11) is 1.78. The smallest absolute Gasteiger partial charge is 0.255 e. The molecule has 0 saturated heterocycles. The lowest BCUT2D eigenvalue weighted by Gasteiger charge is -2.15. The van der Waals surface area contributed by atoms with Gasteiger partial charge in [-0.15, -0.1) is 0 Å². The number of halogens is 2. The van der Waals surface area contributed by atoms with Crippen molar-refractivity contribution in [1.82, 2.24) is 15.1 Å². The van der Waals surface area contributed by atoms with Crippen LogP contribution in [0.25, 0.3) is 0 Å². The highest BCUT2D eigenvalue weighted by Crippen LogP contribution is 2.29. The lowest BCUT2D eigenvalue weighted by atomic mass is 10.1. The van der Waals surface area contributed by atoms with Gasteiger partial charge in [-0.25, -0.2) is 0 Å². The number of nitrogens with zero attached hydrogens (tertiary/aromatic N) is 2. The maximum absolute atomic E-state index is 12.3. The van der Waals surface area contributed by atoms with E-state index < -0.39 is 6.10 Å². The predicted molar refractivity (Wildman–Crippen MR) is 86.4 cm³/mol. The molecule has 0 aliphatic rings. The fourth-order valence-corrected chi connectivity index (χ4v) is 2.96. The predicted octanol–water partition coefficient (Wildman–Crippen LogP) is 2.81. The molecule has 0 radical (unpaired) electrons. The Morgan fingerprint density at radius 3 is 2.45 bits per heavy atom. The normalized spacial score (nSPS) is 12.3. The minimum absolute atomic E-state index is 0.00998. The highest BCUT2D eigenvalue weighted by molar-refractivity contribution is 6.36. The van der Waals surface area contributed by atoms with Gasteiger partial charge in [0.25, 0.3) is 5.91 Å². The van der Waals surface area contributed by atoms with E-state index in [-0.39, 0.29) is 12.5 Å². The van der Waals surface area contributed by atoms with Crippen LogP contribution in [0.15, 0.2) is 18.2 Å². The number of carbonyl (C=O) groups is 1. The molecule has 0 bridgehead atoms. The number of aromatic nitrogens is 2.